The lowest BCUT2D eigenvalue weighted by molar-refractivity contribution is -0.137. The van der Waals surface area contributed by atoms with E-state index >= 15 is 4.39 Å². The molecule has 0 saturated carbocycles. The lowest BCUT2D eigenvalue weighted by atomic mass is 9.94. The van der Waals surface area contributed by atoms with Crippen LogP contribution in [-0.4, -0.2) is 57.3 Å². The Labute approximate surface area is 242 Å². The first-order chi connectivity index (χ1) is 19.9. The number of rotatable bonds is 4. The maximum Gasteiger partial charge on any atom is 0.417 e. The second kappa shape index (κ2) is 10.2. The smallest absolute Gasteiger partial charge is 0.352 e. The van der Waals surface area contributed by atoms with Gasteiger partial charge in [-0.2, -0.15) is 18.2 Å². The molecule has 0 unspecified atom stereocenters. The second-order valence-corrected chi connectivity index (χ2v) is 11.9. The molecule has 2 aromatic heterocycles. The van der Waals surface area contributed by atoms with Gasteiger partial charge in [0, 0.05) is 65.4 Å². The van der Waals surface area contributed by atoms with Crippen LogP contribution >= 0.6 is 23.1 Å². The Morgan fingerprint density at radius 2 is 1.86 bits per heavy atom. The van der Waals surface area contributed by atoms with Gasteiger partial charge in [-0.25, -0.2) is 13.6 Å². The number of carbonyl (C=O) groups is 1. The highest BCUT2D eigenvalue weighted by Crippen LogP contribution is 2.51. The summed E-state index contributed by atoms with van der Waals surface area (Å²) in [4.78, 5) is 46.7. The minimum Gasteiger partial charge on any atom is -0.352 e. The van der Waals surface area contributed by atoms with Gasteiger partial charge in [0.25, 0.3) is 0 Å². The predicted molar refractivity (Wildman–Crippen MR) is 151 cm³/mol. The third-order valence-electron chi connectivity index (χ3n) is 7.63. The number of alkyl halides is 3. The molecule has 6 rings (SSSR count). The molecule has 220 valence electrons. The van der Waals surface area contributed by atoms with Gasteiger partial charge in [0.15, 0.2) is 0 Å². The summed E-state index contributed by atoms with van der Waals surface area (Å²) in [6.45, 7) is 6.21. The van der Waals surface area contributed by atoms with Gasteiger partial charge >= 0.3 is 16.7 Å². The fourth-order valence-corrected chi connectivity index (χ4v) is 7.85. The Kier molecular flexibility index (Phi) is 6.91. The number of thioether (sulfide) groups is 1. The monoisotopic (exact) mass is 623 g/mol. The molecule has 1 fully saturated rings. The fraction of sp³-hybridized carbons (Fsp3) is 0.333. The van der Waals surface area contributed by atoms with Crippen molar-refractivity contribution in [2.45, 2.75) is 30.5 Å². The van der Waals surface area contributed by atoms with E-state index in [1.54, 1.807) is 4.90 Å². The number of fused-ring (bicyclic) bond motifs is 1. The van der Waals surface area contributed by atoms with Crippen LogP contribution in [0.3, 0.4) is 0 Å². The number of hydrogen-bond acceptors (Lipinski definition) is 7. The van der Waals surface area contributed by atoms with Crippen LogP contribution in [-0.2, 0) is 11.0 Å². The van der Waals surface area contributed by atoms with E-state index in [-0.39, 0.29) is 69.7 Å². The van der Waals surface area contributed by atoms with Crippen molar-refractivity contribution in [3.8, 4) is 11.1 Å². The first-order valence-electron chi connectivity index (χ1n) is 12.9. The zero-order valence-electron chi connectivity index (χ0n) is 22.0. The largest absolute Gasteiger partial charge is 0.417 e. The van der Waals surface area contributed by atoms with Gasteiger partial charge in [0.2, 0.25) is 5.91 Å². The molecule has 0 bridgehead atoms. The molecule has 15 heteroatoms. The molecule has 4 heterocycles. The molecule has 1 amide bonds. The molecule has 4 aromatic rings. The van der Waals surface area contributed by atoms with Crippen molar-refractivity contribution in [2.75, 3.05) is 36.8 Å². The zero-order valence-corrected chi connectivity index (χ0v) is 23.6. The number of benzene rings is 2. The standard InChI is InChI=1S/C27H22F5N5O3S2/c1-3-12-11-41-23-18(19-15(28)10-16(29)22-20(19)33-26(40)42-22)14(27(30,31)32)9-13-21(23)37(12)25(39)34-24(13)36-7-5-35(6-8-36)17(38)4-2/h4,9-10,12H,2-3,5-8,11H2,1H3,(H,33,40)/t12-/m0/s1. The van der Waals surface area contributed by atoms with E-state index in [4.69, 9.17) is 0 Å². The molecule has 1 atom stereocenters. The van der Waals surface area contributed by atoms with E-state index in [0.717, 1.165) is 17.8 Å². The third-order valence-corrected chi connectivity index (χ3v) is 9.76. The quantitative estimate of drug-likeness (QED) is 0.250. The van der Waals surface area contributed by atoms with Crippen molar-refractivity contribution >= 4 is 55.9 Å². The average Bonchev–Trinajstić information content (AvgIpc) is 3.35. The van der Waals surface area contributed by atoms with Crippen molar-refractivity contribution in [2.24, 2.45) is 0 Å². The average molecular weight is 624 g/mol. The second-order valence-electron chi connectivity index (χ2n) is 9.93. The highest BCUT2D eigenvalue weighted by Gasteiger charge is 2.40. The van der Waals surface area contributed by atoms with Crippen molar-refractivity contribution in [3.05, 3.63) is 62.1 Å². The number of H-pyrrole nitrogens is 1. The van der Waals surface area contributed by atoms with E-state index in [2.05, 4.69) is 16.5 Å². The molecular formula is C27H22F5N5O3S2. The van der Waals surface area contributed by atoms with Gasteiger partial charge in [-0.3, -0.25) is 14.2 Å². The molecular weight excluding hydrogens is 601 g/mol. The number of halogens is 5. The number of anilines is 1. The SMILES string of the molecule is C=CC(=O)N1CCN(c2nc(=O)n3c4c(c(-c5c(F)cc(F)c6sc(=O)[nH]c56)c(C(F)(F)F)cc24)SC[C@@H]3CC)CC1. The number of aromatic amines is 1. The minimum absolute atomic E-state index is 0.00963. The lowest BCUT2D eigenvalue weighted by Gasteiger charge is -2.36. The summed E-state index contributed by atoms with van der Waals surface area (Å²) in [6.07, 6.45) is -3.35. The van der Waals surface area contributed by atoms with Crippen molar-refractivity contribution < 1.29 is 26.7 Å². The van der Waals surface area contributed by atoms with E-state index in [1.165, 1.54) is 15.5 Å². The molecule has 2 aromatic carbocycles. The normalized spacial score (nSPS) is 17.3. The molecule has 2 aliphatic rings. The Balaban J connectivity index is 1.70. The van der Waals surface area contributed by atoms with Gasteiger partial charge in [-0.1, -0.05) is 24.8 Å². The summed E-state index contributed by atoms with van der Waals surface area (Å²) in [7, 11) is 0. The van der Waals surface area contributed by atoms with E-state index in [1.807, 2.05) is 6.92 Å². The molecule has 2 aliphatic heterocycles. The molecule has 0 aliphatic carbocycles. The summed E-state index contributed by atoms with van der Waals surface area (Å²) in [5, 5.41) is 0.0485. The number of nitrogens with one attached hydrogen (secondary N) is 1. The van der Waals surface area contributed by atoms with Crippen molar-refractivity contribution in [3.63, 3.8) is 0 Å². The summed E-state index contributed by atoms with van der Waals surface area (Å²) in [6, 6.07) is 0.922. The number of thiazole rings is 1. The number of piperazine rings is 1. The first kappa shape index (κ1) is 28.4. The van der Waals surface area contributed by atoms with Crippen LogP contribution in [0.2, 0.25) is 0 Å². The molecule has 0 spiro atoms. The Morgan fingerprint density at radius 3 is 2.50 bits per heavy atom. The number of aromatic nitrogens is 3. The van der Waals surface area contributed by atoms with E-state index in [0.29, 0.717) is 23.8 Å². The molecule has 1 N–H and O–H groups in total. The topological polar surface area (TPSA) is 91.3 Å². The Bertz CT molecular complexity index is 1910. The maximum atomic E-state index is 15.5. The van der Waals surface area contributed by atoms with Crippen LogP contribution < -0.4 is 15.5 Å². The fourth-order valence-electron chi connectivity index (χ4n) is 5.66. The summed E-state index contributed by atoms with van der Waals surface area (Å²) in [5.74, 6) is -2.40. The summed E-state index contributed by atoms with van der Waals surface area (Å²) in [5.41, 5.74) is -3.26. The van der Waals surface area contributed by atoms with Crippen molar-refractivity contribution in [1.29, 1.82) is 0 Å². The molecule has 42 heavy (non-hydrogen) atoms. The highest BCUT2D eigenvalue weighted by molar-refractivity contribution is 7.99. The molecule has 0 radical (unpaired) electrons. The van der Waals surface area contributed by atoms with E-state index in [9.17, 15) is 31.9 Å². The maximum absolute atomic E-state index is 15.5. The van der Waals surface area contributed by atoms with Gasteiger partial charge in [-0.05, 0) is 18.6 Å². The number of carbonyl (C=O) groups excluding carboxylic acids is 1. The van der Waals surface area contributed by atoms with E-state index < -0.39 is 51.1 Å². The number of hydrogen-bond donors (Lipinski definition) is 1. The number of amides is 1. The summed E-state index contributed by atoms with van der Waals surface area (Å²) >= 11 is 1.47. The van der Waals surface area contributed by atoms with Crippen molar-refractivity contribution in [1.82, 2.24) is 19.4 Å². The van der Waals surface area contributed by atoms with Crippen LogP contribution in [0, 0.1) is 11.6 Å². The van der Waals surface area contributed by atoms with Gasteiger partial charge in [0.05, 0.1) is 21.3 Å². The van der Waals surface area contributed by atoms with Gasteiger partial charge in [0.1, 0.15) is 17.5 Å². The van der Waals surface area contributed by atoms with Crippen LogP contribution in [0.1, 0.15) is 24.9 Å². The third kappa shape index (κ3) is 4.40. The summed E-state index contributed by atoms with van der Waals surface area (Å²) < 4.78 is 75.8. The predicted octanol–water partition coefficient (Wildman–Crippen LogP) is 5.15. The van der Waals surface area contributed by atoms with Crippen LogP contribution in [0.15, 0.2) is 39.3 Å². The molecule has 1 saturated heterocycles. The lowest BCUT2D eigenvalue weighted by Crippen LogP contribution is -2.49. The zero-order chi connectivity index (χ0) is 30.1. The van der Waals surface area contributed by atoms with Crippen LogP contribution in [0.5, 0.6) is 0 Å². The van der Waals surface area contributed by atoms with Crippen LogP contribution in [0.25, 0.3) is 32.2 Å². The number of nitrogens with zero attached hydrogens (tertiary/aromatic N) is 4. The molecule has 8 nitrogen and oxygen atoms in total. The Morgan fingerprint density at radius 1 is 1.14 bits per heavy atom. The Hall–Kier alpha value is -3.72. The first-order valence-corrected chi connectivity index (χ1v) is 14.8. The van der Waals surface area contributed by atoms with Crippen LogP contribution in [0.4, 0.5) is 27.8 Å². The van der Waals surface area contributed by atoms with Gasteiger partial charge in [-0.15, -0.1) is 11.8 Å². The highest BCUT2D eigenvalue weighted by atomic mass is 32.2. The minimum atomic E-state index is -5.00. The van der Waals surface area contributed by atoms with Gasteiger partial charge < -0.3 is 14.8 Å².